The van der Waals surface area contributed by atoms with Crippen molar-refractivity contribution in [2.24, 2.45) is 0 Å². The number of rotatable bonds is 4. The lowest BCUT2D eigenvalue weighted by atomic mass is 10.0. The monoisotopic (exact) mass is 310 g/mol. The topological polar surface area (TPSA) is 26.3 Å². The Bertz CT molecular complexity index is 832. The van der Waals surface area contributed by atoms with E-state index in [0.717, 1.165) is 21.4 Å². The third-order valence-electron chi connectivity index (χ3n) is 3.65. The maximum atomic E-state index is 11.4. The van der Waals surface area contributed by atoms with Gasteiger partial charge in [-0.1, -0.05) is 49.4 Å². The molecule has 112 valence electrons. The van der Waals surface area contributed by atoms with Crippen LogP contribution in [0, 0.1) is 0 Å². The Labute approximate surface area is 134 Å². The smallest absolute Gasteiger partial charge is 0.232 e. The summed E-state index contributed by atoms with van der Waals surface area (Å²) in [4.78, 5) is 11.4. The van der Waals surface area contributed by atoms with Gasteiger partial charge < -0.3 is 4.74 Å². The average Bonchev–Trinajstić information content (AvgIpc) is 2.53. The van der Waals surface area contributed by atoms with Crippen LogP contribution in [0.1, 0.15) is 30.9 Å². The molecule has 0 N–H and O–H groups in total. The van der Waals surface area contributed by atoms with Crippen LogP contribution in [0.4, 0.5) is 0 Å². The molecule has 0 fully saturated rings. The van der Waals surface area contributed by atoms with E-state index < -0.39 is 0 Å². The second-order valence-corrected chi connectivity index (χ2v) is 6.69. The van der Waals surface area contributed by atoms with E-state index in [2.05, 4.69) is 38.1 Å². The molecular formula is C19H18O2S. The molecular weight excluding hydrogens is 292 g/mol. The fraction of sp³-hybridized carbons (Fsp3) is 0.211. The van der Waals surface area contributed by atoms with Crippen LogP contribution in [0.5, 0.6) is 5.75 Å². The molecule has 1 heterocycles. The lowest BCUT2D eigenvalue weighted by Crippen LogP contribution is -1.96. The molecule has 0 atom stereocenters. The Hall–Kier alpha value is -2.13. The predicted octanol–water partition coefficient (Wildman–Crippen LogP) is 4.96. The maximum Gasteiger partial charge on any atom is 0.232 e. The summed E-state index contributed by atoms with van der Waals surface area (Å²) >= 11 is 1.25. The first kappa shape index (κ1) is 14.8. The Morgan fingerprint density at radius 2 is 1.73 bits per heavy atom. The second kappa shape index (κ2) is 6.32. The molecule has 3 aromatic rings. The Morgan fingerprint density at radius 1 is 1.00 bits per heavy atom. The molecule has 0 amide bonds. The van der Waals surface area contributed by atoms with Crippen LogP contribution >= 0.6 is 11.3 Å². The first-order valence-corrected chi connectivity index (χ1v) is 8.19. The van der Waals surface area contributed by atoms with Gasteiger partial charge in [0, 0.05) is 4.70 Å². The summed E-state index contributed by atoms with van der Waals surface area (Å²) in [6.07, 6.45) is 0. The van der Waals surface area contributed by atoms with Gasteiger partial charge in [0.2, 0.25) is 4.74 Å². The number of hydrogen-bond acceptors (Lipinski definition) is 3. The normalized spacial score (nSPS) is 11.0. The predicted molar refractivity (Wildman–Crippen MR) is 93.0 cm³/mol. The minimum atomic E-state index is 0.0638. The molecule has 0 radical (unpaired) electrons. The number of ether oxygens (including phenoxy) is 1. The Morgan fingerprint density at radius 3 is 2.45 bits per heavy atom. The highest BCUT2D eigenvalue weighted by atomic mass is 32.1. The van der Waals surface area contributed by atoms with Crippen molar-refractivity contribution >= 4 is 21.4 Å². The van der Waals surface area contributed by atoms with Crippen molar-refractivity contribution in [2.75, 3.05) is 0 Å². The van der Waals surface area contributed by atoms with Crippen LogP contribution in [0.3, 0.4) is 0 Å². The molecule has 0 saturated heterocycles. The molecule has 1 aromatic heterocycles. The first-order valence-electron chi connectivity index (χ1n) is 7.37. The summed E-state index contributed by atoms with van der Waals surface area (Å²) in [6, 6.07) is 17.8. The molecule has 3 rings (SSSR count). The molecule has 0 aliphatic rings. The molecule has 0 saturated carbocycles. The third-order valence-corrected chi connectivity index (χ3v) is 4.56. The van der Waals surface area contributed by atoms with Crippen molar-refractivity contribution in [3.8, 4) is 5.75 Å². The average molecular weight is 310 g/mol. The lowest BCUT2D eigenvalue weighted by molar-refractivity contribution is 0.306. The zero-order chi connectivity index (χ0) is 15.5. The van der Waals surface area contributed by atoms with Gasteiger partial charge in [0.05, 0.1) is 0 Å². The van der Waals surface area contributed by atoms with Gasteiger partial charge in [0.15, 0.2) is 0 Å². The summed E-state index contributed by atoms with van der Waals surface area (Å²) in [5.74, 6) is 1.33. The highest BCUT2D eigenvalue weighted by Crippen LogP contribution is 2.23. The van der Waals surface area contributed by atoms with E-state index in [4.69, 9.17) is 4.74 Å². The van der Waals surface area contributed by atoms with Crippen molar-refractivity contribution in [1.29, 1.82) is 0 Å². The molecule has 2 aromatic carbocycles. The Kier molecular flexibility index (Phi) is 4.25. The zero-order valence-corrected chi connectivity index (χ0v) is 13.5. The molecule has 3 heteroatoms. The summed E-state index contributed by atoms with van der Waals surface area (Å²) in [7, 11) is 0. The second-order valence-electron chi connectivity index (χ2n) is 5.64. The molecule has 0 unspecified atom stereocenters. The van der Waals surface area contributed by atoms with E-state index in [1.165, 1.54) is 16.9 Å². The van der Waals surface area contributed by atoms with Crippen molar-refractivity contribution < 1.29 is 4.74 Å². The number of hydrogen-bond donors (Lipinski definition) is 0. The third kappa shape index (κ3) is 3.37. The summed E-state index contributed by atoms with van der Waals surface area (Å²) in [5.41, 5.74) is 2.48. The van der Waals surface area contributed by atoms with E-state index in [-0.39, 0.29) is 4.74 Å². The van der Waals surface area contributed by atoms with Gasteiger partial charge in [-0.15, -0.1) is 0 Å². The van der Waals surface area contributed by atoms with Crippen molar-refractivity contribution in [3.63, 3.8) is 0 Å². The van der Waals surface area contributed by atoms with Gasteiger partial charge in [0.1, 0.15) is 12.4 Å². The van der Waals surface area contributed by atoms with Crippen molar-refractivity contribution in [2.45, 2.75) is 26.4 Å². The van der Waals surface area contributed by atoms with Gasteiger partial charge in [0.25, 0.3) is 0 Å². The fourth-order valence-electron chi connectivity index (χ4n) is 2.30. The van der Waals surface area contributed by atoms with Gasteiger partial charge in [-0.25, -0.2) is 0 Å². The quantitative estimate of drug-likeness (QED) is 0.680. The molecule has 0 spiro atoms. The SMILES string of the molecule is CC(C)c1ccc(COc2ccc3ccc(=O)sc3c2)cc1. The van der Waals surface area contributed by atoms with Gasteiger partial charge in [-0.05, 0) is 52.8 Å². The van der Waals surface area contributed by atoms with Crippen molar-refractivity contribution in [3.05, 3.63) is 75.3 Å². The fourth-order valence-corrected chi connectivity index (χ4v) is 3.08. The number of fused-ring (bicyclic) bond motifs is 1. The van der Waals surface area contributed by atoms with Crippen LogP contribution in [-0.2, 0) is 6.61 Å². The van der Waals surface area contributed by atoms with Gasteiger partial charge in [-0.3, -0.25) is 4.79 Å². The largest absolute Gasteiger partial charge is 0.489 e. The highest BCUT2D eigenvalue weighted by molar-refractivity contribution is 7.16. The van der Waals surface area contributed by atoms with E-state index >= 15 is 0 Å². The molecule has 22 heavy (non-hydrogen) atoms. The minimum Gasteiger partial charge on any atom is -0.489 e. The molecule has 2 nitrogen and oxygen atoms in total. The first-order chi connectivity index (χ1) is 10.6. The molecule has 0 aliphatic heterocycles. The highest BCUT2D eigenvalue weighted by Gasteiger charge is 2.02. The van der Waals surface area contributed by atoms with Crippen LogP contribution in [0.15, 0.2) is 59.4 Å². The van der Waals surface area contributed by atoms with Gasteiger partial charge >= 0.3 is 0 Å². The summed E-state index contributed by atoms with van der Waals surface area (Å²) in [6.45, 7) is 4.91. The van der Waals surface area contributed by atoms with E-state index in [9.17, 15) is 4.79 Å². The minimum absolute atomic E-state index is 0.0638. The van der Waals surface area contributed by atoms with Crippen LogP contribution in [0.25, 0.3) is 10.1 Å². The standard InChI is InChI=1S/C19H18O2S/c1-13(2)15-5-3-14(4-6-15)12-21-17-9-7-16-8-10-19(20)22-18(16)11-17/h3-11,13H,12H2,1-2H3. The van der Waals surface area contributed by atoms with E-state index in [0.29, 0.717) is 12.5 Å². The van der Waals surface area contributed by atoms with Crippen LogP contribution < -0.4 is 9.48 Å². The summed E-state index contributed by atoms with van der Waals surface area (Å²) in [5, 5.41) is 1.07. The van der Waals surface area contributed by atoms with Crippen molar-refractivity contribution in [1.82, 2.24) is 0 Å². The van der Waals surface area contributed by atoms with E-state index in [1.807, 2.05) is 24.3 Å². The lowest BCUT2D eigenvalue weighted by Gasteiger charge is -2.09. The molecule has 0 bridgehead atoms. The Balaban J connectivity index is 1.74. The van der Waals surface area contributed by atoms with E-state index in [1.54, 1.807) is 6.07 Å². The van der Waals surface area contributed by atoms with Crippen LogP contribution in [0.2, 0.25) is 0 Å². The maximum absolute atomic E-state index is 11.4. The van der Waals surface area contributed by atoms with Gasteiger partial charge in [-0.2, -0.15) is 0 Å². The summed E-state index contributed by atoms with van der Waals surface area (Å²) < 4.78 is 6.87. The molecule has 0 aliphatic carbocycles. The zero-order valence-electron chi connectivity index (χ0n) is 12.7. The number of benzene rings is 2. The van der Waals surface area contributed by atoms with Crippen LogP contribution in [-0.4, -0.2) is 0 Å².